The molecule has 2 heterocycles. The van der Waals surface area contributed by atoms with Gasteiger partial charge in [0.2, 0.25) is 0 Å². The van der Waals surface area contributed by atoms with Gasteiger partial charge >= 0.3 is 6.18 Å². The number of rotatable bonds is 3. The molecule has 4 nitrogen and oxygen atoms in total. The number of fused-ring (bicyclic) bond motifs is 1. The van der Waals surface area contributed by atoms with Crippen LogP contribution in [0.4, 0.5) is 17.6 Å². The van der Waals surface area contributed by atoms with Gasteiger partial charge < -0.3 is 15.3 Å². The maximum Gasteiger partial charge on any atom is 0.399 e. The van der Waals surface area contributed by atoms with E-state index in [1.165, 1.54) is 30.3 Å². The number of ether oxygens (including phenoxy) is 1. The van der Waals surface area contributed by atoms with Crippen LogP contribution in [0.2, 0.25) is 0 Å². The molecular weight excluding hydrogens is 454 g/mol. The molecule has 0 bridgehead atoms. The summed E-state index contributed by atoms with van der Waals surface area (Å²) in [5, 5.41) is 9.22. The highest BCUT2D eigenvalue weighted by atomic mass is 33.1. The van der Waals surface area contributed by atoms with E-state index in [0.717, 1.165) is 5.92 Å². The minimum absolute atomic E-state index is 0. The fourth-order valence-corrected chi connectivity index (χ4v) is 2.56. The lowest BCUT2D eigenvalue weighted by Crippen LogP contribution is -2.22. The molecule has 10 heteroatoms. The number of alkyl halides is 3. The van der Waals surface area contributed by atoms with Crippen molar-refractivity contribution < 1.29 is 32.9 Å². The number of hydrogen-bond donors (Lipinski definition) is 3. The molecule has 2 aromatic rings. The summed E-state index contributed by atoms with van der Waals surface area (Å²) in [4.78, 5) is 4.26. The predicted octanol–water partition coefficient (Wildman–Crippen LogP) is 5.53. The summed E-state index contributed by atoms with van der Waals surface area (Å²) in [7, 11) is 0. The monoisotopic (exact) mass is 481 g/mol. The Hall–Kier alpha value is -1.75. The van der Waals surface area contributed by atoms with E-state index in [4.69, 9.17) is 4.74 Å². The molecule has 31 heavy (non-hydrogen) atoms. The van der Waals surface area contributed by atoms with Gasteiger partial charge in [0.15, 0.2) is 0 Å². The molecule has 174 valence electrons. The fourth-order valence-electron chi connectivity index (χ4n) is 2.56. The first-order valence-electron chi connectivity index (χ1n) is 9.04. The van der Waals surface area contributed by atoms with Crippen molar-refractivity contribution in [1.82, 2.24) is 4.98 Å². The average molecular weight is 482 g/mol. The van der Waals surface area contributed by atoms with E-state index in [2.05, 4.69) is 55.7 Å². The lowest BCUT2D eigenvalue weighted by Gasteiger charge is -2.15. The number of thiol groups is 2. The third kappa shape index (κ3) is 8.03. The van der Waals surface area contributed by atoms with Gasteiger partial charge in [-0.05, 0) is 41.8 Å². The van der Waals surface area contributed by atoms with Gasteiger partial charge in [-0.2, -0.15) is 13.2 Å². The first-order chi connectivity index (χ1) is 14.0. The maximum absolute atomic E-state index is 13.2. The number of aliphatic hydroxyl groups excluding tert-OH is 1. The van der Waals surface area contributed by atoms with Crippen LogP contribution in [0, 0.1) is 11.7 Å². The summed E-state index contributed by atoms with van der Waals surface area (Å²) in [6, 6.07) is 6.44. The Bertz CT molecular complexity index is 841. The number of pyridine rings is 1. The van der Waals surface area contributed by atoms with Crippen molar-refractivity contribution >= 4 is 28.9 Å². The molecule has 1 unspecified atom stereocenters. The molecular formula is C21H27F4NO3S2. The third-order valence-corrected chi connectivity index (χ3v) is 3.84. The van der Waals surface area contributed by atoms with Crippen molar-refractivity contribution in [3.8, 4) is 17.0 Å². The maximum atomic E-state index is 13.2. The Balaban J connectivity index is 0.00000116. The molecule has 0 saturated carbocycles. The second-order valence-electron chi connectivity index (χ2n) is 7.18. The van der Waals surface area contributed by atoms with Crippen molar-refractivity contribution in [2.24, 2.45) is 5.92 Å². The molecule has 0 saturated heterocycles. The third-order valence-electron chi connectivity index (χ3n) is 3.84. The zero-order valence-corrected chi connectivity index (χ0v) is 19.2. The van der Waals surface area contributed by atoms with Gasteiger partial charge in [-0.3, -0.25) is 0 Å². The van der Waals surface area contributed by atoms with E-state index in [1.54, 1.807) is 0 Å². The minimum atomic E-state index is -4.47. The van der Waals surface area contributed by atoms with Crippen molar-refractivity contribution in [3.05, 3.63) is 54.0 Å². The van der Waals surface area contributed by atoms with Gasteiger partial charge in [0.25, 0.3) is 0 Å². The Morgan fingerprint density at radius 1 is 1.23 bits per heavy atom. The molecule has 0 spiro atoms. The zero-order chi connectivity index (χ0) is 23.1. The second-order valence-corrected chi connectivity index (χ2v) is 7.18. The molecule has 0 amide bonds. The molecule has 0 fully saturated rings. The second kappa shape index (κ2) is 12.9. The van der Waals surface area contributed by atoms with E-state index >= 15 is 0 Å². The molecule has 1 aromatic carbocycles. The number of halogens is 4. The minimum Gasteiger partial charge on any atom is -0.490 e. The van der Waals surface area contributed by atoms with Crippen molar-refractivity contribution in [3.63, 3.8) is 0 Å². The lowest BCUT2D eigenvalue weighted by atomic mass is 9.97. The molecule has 0 radical (unpaired) electrons. The van der Waals surface area contributed by atoms with Crippen LogP contribution in [0.1, 0.15) is 37.9 Å². The molecule has 0 aliphatic carbocycles. The zero-order valence-electron chi connectivity index (χ0n) is 17.4. The highest BCUT2D eigenvalue weighted by Gasteiger charge is 2.47. The van der Waals surface area contributed by atoms with Crippen LogP contribution in [-0.4, -0.2) is 35.0 Å². The molecule has 3 N–H and O–H groups in total. The van der Waals surface area contributed by atoms with Gasteiger partial charge in [-0.1, -0.05) is 27.4 Å². The SMILES string of the molecule is C=C(CO)c1cc2c(c(-c3ccc(F)cc3)n1)OCC2C(F)(F)F.CC(C)C.O.SS. The number of benzene rings is 1. The summed E-state index contributed by atoms with van der Waals surface area (Å²) in [6.07, 6.45) is -4.47. The van der Waals surface area contributed by atoms with Crippen molar-refractivity contribution in [2.75, 3.05) is 13.2 Å². The standard InChI is InChI=1S/C17H13F4NO2.C4H10.H2O.H2S2/c1-9(7-23)14-6-12-13(17(19,20)21)8-24-16(12)15(22-14)10-2-4-11(18)5-3-10;1-4(2)3;;1-2/h2-6,13,23H,1,7-8H2;4H,1-3H3;1H2;1-2H. The van der Waals surface area contributed by atoms with Crippen LogP contribution in [0.5, 0.6) is 5.75 Å². The van der Waals surface area contributed by atoms with Gasteiger partial charge in [-0.25, -0.2) is 9.37 Å². The number of nitrogens with zero attached hydrogens (tertiary/aromatic N) is 1. The van der Waals surface area contributed by atoms with Gasteiger partial charge in [-0.15, -0.1) is 23.3 Å². The van der Waals surface area contributed by atoms with Gasteiger partial charge in [0.05, 0.1) is 12.3 Å². The van der Waals surface area contributed by atoms with Gasteiger partial charge in [0, 0.05) is 11.1 Å². The summed E-state index contributed by atoms with van der Waals surface area (Å²) in [6.45, 7) is 9.13. The smallest absolute Gasteiger partial charge is 0.399 e. The number of hydrogen-bond acceptors (Lipinski definition) is 5. The van der Waals surface area contributed by atoms with Crippen LogP contribution in [-0.2, 0) is 0 Å². The van der Waals surface area contributed by atoms with Crippen LogP contribution >= 0.6 is 23.3 Å². The van der Waals surface area contributed by atoms with E-state index < -0.39 is 31.1 Å². The van der Waals surface area contributed by atoms with E-state index in [1.807, 2.05) is 0 Å². The molecule has 3 rings (SSSR count). The summed E-state index contributed by atoms with van der Waals surface area (Å²) >= 11 is 6.44. The topological polar surface area (TPSA) is 73.9 Å². The summed E-state index contributed by atoms with van der Waals surface area (Å²) < 4.78 is 58.0. The van der Waals surface area contributed by atoms with Crippen molar-refractivity contribution in [2.45, 2.75) is 32.9 Å². The number of aromatic nitrogens is 1. The van der Waals surface area contributed by atoms with Crippen molar-refractivity contribution in [1.29, 1.82) is 0 Å². The fraction of sp³-hybridized carbons (Fsp3) is 0.381. The lowest BCUT2D eigenvalue weighted by molar-refractivity contribution is -0.151. The number of aliphatic hydroxyl groups is 1. The van der Waals surface area contributed by atoms with E-state index in [0.29, 0.717) is 5.56 Å². The Morgan fingerprint density at radius 2 is 1.74 bits per heavy atom. The summed E-state index contributed by atoms with van der Waals surface area (Å²) in [5.74, 6) is -1.39. The van der Waals surface area contributed by atoms with Crippen LogP contribution in [0.3, 0.4) is 0 Å². The highest BCUT2D eigenvalue weighted by molar-refractivity contribution is 8.59. The molecule has 1 aliphatic rings. The largest absolute Gasteiger partial charge is 0.490 e. The normalized spacial score (nSPS) is 14.2. The molecule has 1 atom stereocenters. The van der Waals surface area contributed by atoms with E-state index in [-0.39, 0.29) is 33.8 Å². The Kier molecular flexibility index (Phi) is 12.2. The average Bonchev–Trinajstić information content (AvgIpc) is 3.13. The first-order valence-corrected chi connectivity index (χ1v) is 10.6. The summed E-state index contributed by atoms with van der Waals surface area (Å²) in [5.41, 5.74) is 0.873. The van der Waals surface area contributed by atoms with Crippen LogP contribution in [0.15, 0.2) is 36.9 Å². The van der Waals surface area contributed by atoms with Crippen LogP contribution < -0.4 is 4.74 Å². The Morgan fingerprint density at radius 3 is 2.19 bits per heavy atom. The van der Waals surface area contributed by atoms with Gasteiger partial charge in [0.1, 0.15) is 29.8 Å². The Labute approximate surface area is 189 Å². The first kappa shape index (κ1) is 29.2. The quantitative estimate of drug-likeness (QED) is 0.307. The van der Waals surface area contributed by atoms with Crippen LogP contribution in [0.25, 0.3) is 16.8 Å². The highest BCUT2D eigenvalue weighted by Crippen LogP contribution is 2.47. The predicted molar refractivity (Wildman–Crippen MR) is 122 cm³/mol. The van der Waals surface area contributed by atoms with E-state index in [9.17, 15) is 22.7 Å². The molecule has 1 aliphatic heterocycles. The molecule has 1 aromatic heterocycles.